The Morgan fingerprint density at radius 2 is 1.21 bits per heavy atom. The maximum Gasteiger partial charge on any atom is 0.573 e. The summed E-state index contributed by atoms with van der Waals surface area (Å²) in [6.45, 7) is 1.36. The van der Waals surface area contributed by atoms with E-state index in [2.05, 4.69) is 15.4 Å². The second kappa shape index (κ2) is 14.8. The van der Waals surface area contributed by atoms with Crippen molar-refractivity contribution >= 4 is 11.8 Å². The maximum atomic E-state index is 12.3. The Bertz CT molecular complexity index is 1120. The average molecular weight is 529 g/mol. The second-order valence-corrected chi connectivity index (χ2v) is 8.65. The Kier molecular flexibility index (Phi) is 11.2. The lowest BCUT2D eigenvalue weighted by Crippen LogP contribution is -2.27. The molecular weight excluding hydrogens is 497 g/mol. The SMILES string of the molecule is O=C(NCCCC(CCCNC(=O)c1ccc(OC(F)(F)F)cc1)OCc1ccccc1)c1ccccc1. The van der Waals surface area contributed by atoms with Gasteiger partial charge in [0.1, 0.15) is 5.75 Å². The van der Waals surface area contributed by atoms with E-state index in [-0.39, 0.29) is 29.2 Å². The third kappa shape index (κ3) is 10.6. The lowest BCUT2D eigenvalue weighted by atomic mass is 10.1. The molecule has 0 aliphatic carbocycles. The molecule has 202 valence electrons. The number of hydrogen-bond acceptors (Lipinski definition) is 4. The van der Waals surface area contributed by atoms with Crippen LogP contribution in [0, 0.1) is 0 Å². The molecule has 38 heavy (non-hydrogen) atoms. The largest absolute Gasteiger partial charge is 0.573 e. The fraction of sp³-hybridized carbons (Fsp3) is 0.310. The summed E-state index contributed by atoms with van der Waals surface area (Å²) in [5.74, 6) is -0.880. The van der Waals surface area contributed by atoms with E-state index in [9.17, 15) is 22.8 Å². The molecule has 3 aromatic carbocycles. The van der Waals surface area contributed by atoms with E-state index in [4.69, 9.17) is 4.74 Å². The summed E-state index contributed by atoms with van der Waals surface area (Å²) in [5, 5.41) is 5.70. The smallest absolute Gasteiger partial charge is 0.406 e. The molecule has 1 unspecified atom stereocenters. The molecule has 9 heteroatoms. The molecule has 1 atom stereocenters. The molecule has 0 fully saturated rings. The first-order valence-corrected chi connectivity index (χ1v) is 12.4. The topological polar surface area (TPSA) is 76.7 Å². The van der Waals surface area contributed by atoms with Crippen molar-refractivity contribution in [1.29, 1.82) is 0 Å². The van der Waals surface area contributed by atoms with Crippen LogP contribution < -0.4 is 15.4 Å². The number of ether oxygens (including phenoxy) is 2. The van der Waals surface area contributed by atoms with Crippen LogP contribution in [-0.2, 0) is 11.3 Å². The average Bonchev–Trinajstić information content (AvgIpc) is 2.91. The number of alkyl halides is 3. The zero-order chi connectivity index (χ0) is 27.2. The van der Waals surface area contributed by atoms with Gasteiger partial charge in [0.05, 0.1) is 12.7 Å². The fourth-order valence-corrected chi connectivity index (χ4v) is 3.76. The third-order valence-electron chi connectivity index (χ3n) is 5.69. The van der Waals surface area contributed by atoms with E-state index in [0.29, 0.717) is 38.1 Å². The molecule has 6 nitrogen and oxygen atoms in total. The first kappa shape index (κ1) is 28.7. The quantitative estimate of drug-likeness (QED) is 0.256. The van der Waals surface area contributed by atoms with Crippen LogP contribution in [0.2, 0.25) is 0 Å². The van der Waals surface area contributed by atoms with Gasteiger partial charge in [0.2, 0.25) is 0 Å². The zero-order valence-electron chi connectivity index (χ0n) is 20.9. The Morgan fingerprint density at radius 1 is 0.711 bits per heavy atom. The van der Waals surface area contributed by atoms with Gasteiger partial charge in [-0.3, -0.25) is 9.59 Å². The van der Waals surface area contributed by atoms with E-state index in [1.54, 1.807) is 12.1 Å². The van der Waals surface area contributed by atoms with Crippen molar-refractivity contribution in [2.45, 2.75) is 44.8 Å². The van der Waals surface area contributed by atoms with Gasteiger partial charge in [-0.25, -0.2) is 0 Å². The first-order valence-electron chi connectivity index (χ1n) is 12.4. The van der Waals surface area contributed by atoms with Crippen LogP contribution >= 0.6 is 0 Å². The Labute approximate surface area is 220 Å². The summed E-state index contributed by atoms with van der Waals surface area (Å²) in [7, 11) is 0. The van der Waals surface area contributed by atoms with Crippen molar-refractivity contribution in [3.8, 4) is 5.75 Å². The van der Waals surface area contributed by atoms with Crippen LogP contribution in [0.15, 0.2) is 84.9 Å². The fourth-order valence-electron chi connectivity index (χ4n) is 3.76. The molecule has 2 amide bonds. The summed E-state index contributed by atoms with van der Waals surface area (Å²) in [6.07, 6.45) is -2.04. The molecule has 0 saturated carbocycles. The lowest BCUT2D eigenvalue weighted by Gasteiger charge is -2.18. The van der Waals surface area contributed by atoms with E-state index in [1.807, 2.05) is 48.5 Å². The first-order chi connectivity index (χ1) is 18.3. The van der Waals surface area contributed by atoms with Crippen LogP contribution in [0.25, 0.3) is 0 Å². The van der Waals surface area contributed by atoms with Crippen molar-refractivity contribution in [3.63, 3.8) is 0 Å². The maximum absolute atomic E-state index is 12.3. The zero-order valence-corrected chi connectivity index (χ0v) is 20.9. The number of carbonyl (C=O) groups is 2. The van der Waals surface area contributed by atoms with Gasteiger partial charge < -0.3 is 20.1 Å². The molecule has 0 aromatic heterocycles. The number of benzene rings is 3. The molecule has 0 aliphatic heterocycles. The summed E-state index contributed by atoms with van der Waals surface area (Å²) in [4.78, 5) is 24.6. The normalized spacial score (nSPS) is 12.0. The highest BCUT2D eigenvalue weighted by atomic mass is 19.4. The van der Waals surface area contributed by atoms with E-state index < -0.39 is 6.36 Å². The highest BCUT2D eigenvalue weighted by Gasteiger charge is 2.31. The van der Waals surface area contributed by atoms with Crippen molar-refractivity contribution < 1.29 is 32.2 Å². The van der Waals surface area contributed by atoms with Gasteiger partial charge in [0.25, 0.3) is 11.8 Å². The van der Waals surface area contributed by atoms with Gasteiger partial charge in [-0.05, 0) is 67.6 Å². The Morgan fingerprint density at radius 3 is 1.74 bits per heavy atom. The summed E-state index contributed by atoms with van der Waals surface area (Å²) in [5.41, 5.74) is 1.91. The molecule has 0 bridgehead atoms. The Hall–Kier alpha value is -3.85. The van der Waals surface area contributed by atoms with Gasteiger partial charge >= 0.3 is 6.36 Å². The molecule has 2 N–H and O–H groups in total. The lowest BCUT2D eigenvalue weighted by molar-refractivity contribution is -0.274. The van der Waals surface area contributed by atoms with Gasteiger partial charge in [-0.2, -0.15) is 0 Å². The van der Waals surface area contributed by atoms with E-state index >= 15 is 0 Å². The van der Waals surface area contributed by atoms with Crippen molar-refractivity contribution in [1.82, 2.24) is 10.6 Å². The standard InChI is InChI=1S/C29H31F3N2O4/c30-29(31,32)38-26-17-15-24(16-18-26)28(36)34-20-8-14-25(37-21-22-9-3-1-4-10-22)13-7-19-33-27(35)23-11-5-2-6-12-23/h1-6,9-12,15-18,25H,7-8,13-14,19-21H2,(H,33,35)(H,34,36). The van der Waals surface area contributed by atoms with Crippen LogP contribution in [0.5, 0.6) is 5.75 Å². The number of carbonyl (C=O) groups excluding carboxylic acids is 2. The third-order valence-corrected chi connectivity index (χ3v) is 5.69. The van der Waals surface area contributed by atoms with Gasteiger partial charge in [0, 0.05) is 24.2 Å². The number of halogens is 3. The predicted octanol–water partition coefficient (Wildman–Crippen LogP) is 5.89. The molecule has 3 rings (SSSR count). The van der Waals surface area contributed by atoms with Crippen LogP contribution in [0.4, 0.5) is 13.2 Å². The van der Waals surface area contributed by atoms with E-state index in [0.717, 1.165) is 30.5 Å². The molecule has 0 aliphatic rings. The minimum absolute atomic E-state index is 0.0699. The molecular formula is C29H31F3N2O4. The Balaban J connectivity index is 1.43. The molecule has 0 heterocycles. The minimum Gasteiger partial charge on any atom is -0.406 e. The highest BCUT2D eigenvalue weighted by Crippen LogP contribution is 2.22. The van der Waals surface area contributed by atoms with E-state index in [1.165, 1.54) is 12.1 Å². The van der Waals surface area contributed by atoms with Crippen molar-refractivity contribution in [2.75, 3.05) is 13.1 Å². The van der Waals surface area contributed by atoms with Crippen molar-refractivity contribution in [2.24, 2.45) is 0 Å². The van der Waals surface area contributed by atoms with Gasteiger partial charge in [-0.1, -0.05) is 48.5 Å². The number of rotatable bonds is 14. The highest BCUT2D eigenvalue weighted by molar-refractivity contribution is 5.94. The second-order valence-electron chi connectivity index (χ2n) is 8.65. The predicted molar refractivity (Wildman–Crippen MR) is 138 cm³/mol. The number of hydrogen-bond donors (Lipinski definition) is 2. The number of amides is 2. The van der Waals surface area contributed by atoms with Gasteiger partial charge in [0.15, 0.2) is 0 Å². The van der Waals surface area contributed by atoms with Crippen LogP contribution in [0.1, 0.15) is 52.0 Å². The summed E-state index contributed by atoms with van der Waals surface area (Å²) >= 11 is 0. The number of nitrogens with one attached hydrogen (secondary N) is 2. The molecule has 3 aromatic rings. The van der Waals surface area contributed by atoms with Gasteiger partial charge in [-0.15, -0.1) is 13.2 Å². The molecule has 0 radical (unpaired) electrons. The van der Waals surface area contributed by atoms with Crippen LogP contribution in [0.3, 0.4) is 0 Å². The van der Waals surface area contributed by atoms with Crippen LogP contribution in [-0.4, -0.2) is 37.4 Å². The summed E-state index contributed by atoms with van der Waals surface area (Å²) < 4.78 is 46.8. The molecule has 0 saturated heterocycles. The van der Waals surface area contributed by atoms with Crippen molar-refractivity contribution in [3.05, 3.63) is 102 Å². The monoisotopic (exact) mass is 528 g/mol. The molecule has 0 spiro atoms. The minimum atomic E-state index is -4.78. The summed E-state index contributed by atoms with van der Waals surface area (Å²) in [6, 6.07) is 23.6.